The van der Waals surface area contributed by atoms with Crippen LogP contribution in [-0.2, 0) is 16.1 Å². The number of rotatable bonds is 6. The lowest BCUT2D eigenvalue weighted by molar-refractivity contribution is -0.139. The lowest BCUT2D eigenvalue weighted by atomic mass is 10.2. The second-order valence-electron chi connectivity index (χ2n) is 7.14. The van der Waals surface area contributed by atoms with Crippen LogP contribution in [0.3, 0.4) is 0 Å². The molecule has 1 aliphatic rings. The number of aromatic nitrogens is 1. The lowest BCUT2D eigenvalue weighted by Gasteiger charge is -2.30. The maximum absolute atomic E-state index is 11.2. The Hall–Kier alpha value is -2.07. The number of nitrogens with zero attached hydrogens (tertiary/aromatic N) is 4. The number of hydrogen-bond acceptors (Lipinski definition) is 7. The molecule has 0 aromatic carbocycles. The molecule has 0 amide bonds. The number of aryl methyl sites for hydroxylation is 1. The Bertz CT molecular complexity index is 613. The topological polar surface area (TPSA) is 109 Å². The maximum Gasteiger partial charge on any atom is 0.317 e. The van der Waals surface area contributed by atoms with Gasteiger partial charge >= 0.3 is 11.9 Å². The van der Waals surface area contributed by atoms with Gasteiger partial charge in [0.1, 0.15) is 0 Å². The van der Waals surface area contributed by atoms with Gasteiger partial charge in [0.05, 0.1) is 18.8 Å². The van der Waals surface area contributed by atoms with Crippen molar-refractivity contribution in [2.24, 2.45) is 0 Å². The van der Waals surface area contributed by atoms with E-state index in [1.165, 1.54) is 0 Å². The summed E-state index contributed by atoms with van der Waals surface area (Å²) in [6.45, 7) is 7.94. The molecule has 0 bridgehead atoms. The molecule has 0 radical (unpaired) electrons. The van der Waals surface area contributed by atoms with Gasteiger partial charge in [-0.05, 0) is 19.1 Å². The van der Waals surface area contributed by atoms with Crippen LogP contribution >= 0.6 is 0 Å². The fourth-order valence-corrected chi connectivity index (χ4v) is 3.27. The van der Waals surface area contributed by atoms with Gasteiger partial charge in [0.25, 0.3) is 0 Å². The number of hydrogen-bond donors (Lipinski definition) is 3. The molecule has 1 aromatic heterocycles. The molecule has 3 N–H and O–H groups in total. The van der Waals surface area contributed by atoms with E-state index in [-0.39, 0.29) is 13.1 Å². The SMILES string of the molecule is Cc1cccc(CN2CCN(CC(=O)O)CCNCCN(CC(=O)O)CC2)n1. The van der Waals surface area contributed by atoms with E-state index in [2.05, 4.69) is 15.2 Å². The van der Waals surface area contributed by atoms with Crippen LogP contribution in [0.5, 0.6) is 0 Å². The molecule has 0 unspecified atom stereocenters. The van der Waals surface area contributed by atoms with Crippen molar-refractivity contribution >= 4 is 11.9 Å². The Labute approximate surface area is 165 Å². The van der Waals surface area contributed by atoms with Crippen LogP contribution in [-0.4, -0.2) is 107 Å². The van der Waals surface area contributed by atoms with E-state index in [1.807, 2.05) is 34.9 Å². The molecule has 1 saturated heterocycles. The summed E-state index contributed by atoms with van der Waals surface area (Å²) >= 11 is 0. The molecule has 9 heteroatoms. The van der Waals surface area contributed by atoms with Gasteiger partial charge in [0.2, 0.25) is 0 Å². The normalized spacial score (nSPS) is 18.9. The Morgan fingerprint density at radius 1 is 0.929 bits per heavy atom. The van der Waals surface area contributed by atoms with Crippen LogP contribution in [0.25, 0.3) is 0 Å². The summed E-state index contributed by atoms with van der Waals surface area (Å²) in [4.78, 5) is 33.0. The van der Waals surface area contributed by atoms with Crippen LogP contribution in [0.2, 0.25) is 0 Å². The summed E-state index contributed by atoms with van der Waals surface area (Å²) in [7, 11) is 0. The molecule has 1 fully saturated rings. The van der Waals surface area contributed by atoms with Crippen molar-refractivity contribution in [1.82, 2.24) is 25.0 Å². The predicted octanol–water partition coefficient (Wildman–Crippen LogP) is -0.432. The second kappa shape index (κ2) is 11.7. The highest BCUT2D eigenvalue weighted by molar-refractivity contribution is 5.69. The molecular weight excluding hydrogens is 362 g/mol. The zero-order chi connectivity index (χ0) is 20.4. The number of carboxylic acid groups (broad SMARTS) is 2. The molecule has 2 heterocycles. The monoisotopic (exact) mass is 393 g/mol. The first-order chi connectivity index (χ1) is 13.4. The van der Waals surface area contributed by atoms with Crippen molar-refractivity contribution in [2.45, 2.75) is 13.5 Å². The minimum Gasteiger partial charge on any atom is -0.480 e. The summed E-state index contributed by atoms with van der Waals surface area (Å²) < 4.78 is 0. The minimum atomic E-state index is -0.827. The molecule has 0 aliphatic carbocycles. The van der Waals surface area contributed by atoms with E-state index in [4.69, 9.17) is 10.2 Å². The van der Waals surface area contributed by atoms with E-state index in [9.17, 15) is 9.59 Å². The van der Waals surface area contributed by atoms with E-state index in [0.717, 1.165) is 11.4 Å². The number of carboxylic acids is 2. The van der Waals surface area contributed by atoms with Crippen LogP contribution in [0.4, 0.5) is 0 Å². The first kappa shape index (κ1) is 22.2. The Kier molecular flexibility index (Phi) is 9.29. The van der Waals surface area contributed by atoms with Gasteiger partial charge in [0.15, 0.2) is 0 Å². The third-order valence-electron chi connectivity index (χ3n) is 4.72. The summed E-state index contributed by atoms with van der Waals surface area (Å²) in [6.07, 6.45) is 0. The molecule has 1 aliphatic heterocycles. The van der Waals surface area contributed by atoms with Crippen LogP contribution in [0, 0.1) is 6.92 Å². The standard InChI is InChI=1S/C19H31N5O4/c1-16-3-2-4-17(21-16)13-24-11-9-22(14-18(25)26)7-5-20-6-8-23(10-12-24)15-19(27)28/h2-4,20H,5-15H2,1H3,(H,25,26)(H,27,28). The molecule has 0 atom stereocenters. The van der Waals surface area contributed by atoms with E-state index in [1.54, 1.807) is 0 Å². The highest BCUT2D eigenvalue weighted by atomic mass is 16.4. The average molecular weight is 393 g/mol. The van der Waals surface area contributed by atoms with Crippen LogP contribution in [0.1, 0.15) is 11.4 Å². The number of pyridine rings is 1. The molecular formula is C19H31N5O4. The zero-order valence-corrected chi connectivity index (χ0v) is 16.5. The Morgan fingerprint density at radius 3 is 1.96 bits per heavy atom. The van der Waals surface area contributed by atoms with Crippen molar-refractivity contribution in [2.75, 3.05) is 65.4 Å². The minimum absolute atomic E-state index is 0.0172. The van der Waals surface area contributed by atoms with Gasteiger partial charge in [0, 0.05) is 64.6 Å². The molecule has 2 rings (SSSR count). The lowest BCUT2D eigenvalue weighted by Crippen LogP contribution is -2.46. The van der Waals surface area contributed by atoms with Crippen molar-refractivity contribution in [3.05, 3.63) is 29.6 Å². The third kappa shape index (κ3) is 8.75. The van der Waals surface area contributed by atoms with Crippen molar-refractivity contribution < 1.29 is 19.8 Å². The second-order valence-corrected chi connectivity index (χ2v) is 7.14. The molecule has 28 heavy (non-hydrogen) atoms. The van der Waals surface area contributed by atoms with Gasteiger partial charge in [-0.1, -0.05) is 6.07 Å². The summed E-state index contributed by atoms with van der Waals surface area (Å²) in [5, 5.41) is 21.6. The van der Waals surface area contributed by atoms with Crippen LogP contribution in [0.15, 0.2) is 18.2 Å². The van der Waals surface area contributed by atoms with Gasteiger partial charge in [-0.2, -0.15) is 0 Å². The first-order valence-electron chi connectivity index (χ1n) is 9.66. The molecule has 0 spiro atoms. The largest absolute Gasteiger partial charge is 0.480 e. The van der Waals surface area contributed by atoms with E-state index < -0.39 is 11.9 Å². The van der Waals surface area contributed by atoms with Gasteiger partial charge in [-0.15, -0.1) is 0 Å². The van der Waals surface area contributed by atoms with Gasteiger partial charge in [-0.3, -0.25) is 29.3 Å². The van der Waals surface area contributed by atoms with Crippen LogP contribution < -0.4 is 5.32 Å². The van der Waals surface area contributed by atoms with Gasteiger partial charge in [-0.25, -0.2) is 0 Å². The number of carbonyl (C=O) groups is 2. The fraction of sp³-hybridized carbons (Fsp3) is 0.632. The summed E-state index contributed by atoms with van der Waals surface area (Å²) in [6, 6.07) is 5.92. The maximum atomic E-state index is 11.2. The van der Waals surface area contributed by atoms with Gasteiger partial charge < -0.3 is 15.5 Å². The smallest absolute Gasteiger partial charge is 0.317 e. The number of nitrogens with one attached hydrogen (secondary N) is 1. The molecule has 156 valence electrons. The average Bonchev–Trinajstić information content (AvgIpc) is 2.60. The highest BCUT2D eigenvalue weighted by Gasteiger charge is 2.17. The van der Waals surface area contributed by atoms with Crippen molar-refractivity contribution in [1.29, 1.82) is 0 Å². The quantitative estimate of drug-likeness (QED) is 0.593. The fourth-order valence-electron chi connectivity index (χ4n) is 3.27. The number of aliphatic carboxylic acids is 2. The molecule has 0 saturated carbocycles. The third-order valence-corrected chi connectivity index (χ3v) is 4.72. The van der Waals surface area contributed by atoms with Crippen molar-refractivity contribution in [3.8, 4) is 0 Å². The predicted molar refractivity (Wildman–Crippen MR) is 105 cm³/mol. The van der Waals surface area contributed by atoms with E-state index >= 15 is 0 Å². The summed E-state index contributed by atoms with van der Waals surface area (Å²) in [5.74, 6) is -1.65. The summed E-state index contributed by atoms with van der Waals surface area (Å²) in [5.41, 5.74) is 1.92. The molecule has 9 nitrogen and oxygen atoms in total. The molecule has 1 aromatic rings. The first-order valence-corrected chi connectivity index (χ1v) is 9.66. The Balaban J connectivity index is 2.06. The highest BCUT2D eigenvalue weighted by Crippen LogP contribution is 2.05. The zero-order valence-electron chi connectivity index (χ0n) is 16.5. The Morgan fingerprint density at radius 2 is 1.46 bits per heavy atom. The van der Waals surface area contributed by atoms with Crippen molar-refractivity contribution in [3.63, 3.8) is 0 Å². The van der Waals surface area contributed by atoms with E-state index in [0.29, 0.717) is 58.9 Å².